The van der Waals surface area contributed by atoms with Crippen LogP contribution < -0.4 is 5.32 Å². The molecule has 0 amide bonds. The average Bonchev–Trinajstić information content (AvgIpc) is 2.27. The topological polar surface area (TPSA) is 15.3 Å². The summed E-state index contributed by atoms with van der Waals surface area (Å²) in [4.78, 5) is 2.68. The van der Waals surface area contributed by atoms with Crippen molar-refractivity contribution in [2.24, 2.45) is 5.92 Å². The number of rotatable bonds is 6. The van der Waals surface area contributed by atoms with E-state index in [2.05, 4.69) is 56.6 Å². The molecule has 1 aliphatic rings. The van der Waals surface area contributed by atoms with Crippen LogP contribution >= 0.6 is 11.8 Å². The van der Waals surface area contributed by atoms with Gasteiger partial charge in [0.15, 0.2) is 0 Å². The largest absolute Gasteiger partial charge is 0.316 e. The van der Waals surface area contributed by atoms with E-state index in [1.165, 1.54) is 25.3 Å². The molecule has 1 fully saturated rings. The van der Waals surface area contributed by atoms with E-state index in [9.17, 15) is 0 Å². The highest BCUT2D eigenvalue weighted by Crippen LogP contribution is 2.31. The average molecular weight is 258 g/mol. The number of hydrogen-bond acceptors (Lipinski definition) is 3. The van der Waals surface area contributed by atoms with Crippen molar-refractivity contribution in [1.29, 1.82) is 0 Å². The smallest absolute Gasteiger partial charge is 0.0231 e. The lowest BCUT2D eigenvalue weighted by molar-refractivity contribution is 0.152. The quantitative estimate of drug-likeness (QED) is 0.738. The van der Waals surface area contributed by atoms with Gasteiger partial charge in [0.25, 0.3) is 0 Å². The number of nitrogens with zero attached hydrogens (tertiary/aromatic N) is 1. The molecular formula is C14H30N2S. The standard InChI is InChI=1S/C14H30N2S/c1-6-7-15-10-12(2)13(3)16-8-9-17-14(4,5)11-16/h12-13,15H,6-11H2,1-5H3. The Morgan fingerprint density at radius 1 is 1.35 bits per heavy atom. The van der Waals surface area contributed by atoms with Crippen LogP contribution in [-0.2, 0) is 0 Å². The molecule has 2 nitrogen and oxygen atoms in total. The Balaban J connectivity index is 2.37. The zero-order valence-electron chi connectivity index (χ0n) is 12.3. The van der Waals surface area contributed by atoms with Crippen molar-refractivity contribution in [1.82, 2.24) is 10.2 Å². The monoisotopic (exact) mass is 258 g/mol. The molecule has 0 aliphatic carbocycles. The van der Waals surface area contributed by atoms with Crippen molar-refractivity contribution in [3.63, 3.8) is 0 Å². The number of thioether (sulfide) groups is 1. The molecule has 0 radical (unpaired) electrons. The Kier molecular flexibility index (Phi) is 6.32. The summed E-state index contributed by atoms with van der Waals surface area (Å²) in [5.41, 5.74) is 0. The second-order valence-corrected chi connectivity index (χ2v) is 7.80. The van der Waals surface area contributed by atoms with Crippen LogP contribution in [0.4, 0.5) is 0 Å². The lowest BCUT2D eigenvalue weighted by Gasteiger charge is -2.42. The molecule has 0 spiro atoms. The SMILES string of the molecule is CCCNCC(C)C(C)N1CCSC(C)(C)C1. The Hall–Kier alpha value is 0.270. The van der Waals surface area contributed by atoms with Crippen LogP contribution in [0.25, 0.3) is 0 Å². The van der Waals surface area contributed by atoms with E-state index in [0.717, 1.165) is 19.0 Å². The molecular weight excluding hydrogens is 228 g/mol. The molecule has 0 aromatic rings. The highest BCUT2D eigenvalue weighted by Gasteiger charge is 2.31. The summed E-state index contributed by atoms with van der Waals surface area (Å²) in [5, 5.41) is 3.54. The molecule has 17 heavy (non-hydrogen) atoms. The van der Waals surface area contributed by atoms with Crippen LogP contribution in [-0.4, -0.2) is 47.6 Å². The number of hydrogen-bond donors (Lipinski definition) is 1. The third-order valence-corrected chi connectivity index (χ3v) is 5.05. The first kappa shape index (κ1) is 15.3. The van der Waals surface area contributed by atoms with Gasteiger partial charge in [0, 0.05) is 29.6 Å². The zero-order chi connectivity index (χ0) is 12.9. The van der Waals surface area contributed by atoms with Crippen LogP contribution in [0.1, 0.15) is 41.0 Å². The normalized spacial score (nSPS) is 24.5. The molecule has 2 unspecified atom stereocenters. The summed E-state index contributed by atoms with van der Waals surface area (Å²) in [7, 11) is 0. The Bertz CT molecular complexity index is 218. The first-order valence-electron chi connectivity index (χ1n) is 7.05. The minimum absolute atomic E-state index is 0.434. The van der Waals surface area contributed by atoms with Crippen molar-refractivity contribution in [2.75, 3.05) is 31.9 Å². The fourth-order valence-corrected chi connectivity index (χ4v) is 3.57. The van der Waals surface area contributed by atoms with Crippen LogP contribution in [0.2, 0.25) is 0 Å². The van der Waals surface area contributed by atoms with Gasteiger partial charge in [-0.3, -0.25) is 4.90 Å². The molecule has 0 aromatic heterocycles. The predicted molar refractivity (Wildman–Crippen MR) is 79.9 cm³/mol. The molecule has 0 bridgehead atoms. The van der Waals surface area contributed by atoms with Gasteiger partial charge in [-0.25, -0.2) is 0 Å². The molecule has 0 aromatic carbocycles. The van der Waals surface area contributed by atoms with Gasteiger partial charge in [-0.1, -0.05) is 13.8 Å². The number of nitrogens with one attached hydrogen (secondary N) is 1. The predicted octanol–water partition coefficient (Wildman–Crippen LogP) is 2.84. The van der Waals surface area contributed by atoms with Gasteiger partial charge in [-0.05, 0) is 46.2 Å². The molecule has 1 saturated heterocycles. The summed E-state index contributed by atoms with van der Waals surface area (Å²) in [5.74, 6) is 2.02. The molecule has 1 rings (SSSR count). The molecule has 1 heterocycles. The molecule has 3 heteroatoms. The first-order chi connectivity index (χ1) is 7.96. The fraction of sp³-hybridized carbons (Fsp3) is 1.00. The maximum atomic E-state index is 3.54. The van der Waals surface area contributed by atoms with E-state index in [-0.39, 0.29) is 0 Å². The van der Waals surface area contributed by atoms with Crippen LogP contribution in [0.3, 0.4) is 0 Å². The Morgan fingerprint density at radius 2 is 2.06 bits per heavy atom. The van der Waals surface area contributed by atoms with Crippen molar-refractivity contribution >= 4 is 11.8 Å². The summed E-state index contributed by atoms with van der Waals surface area (Å²) in [6, 6.07) is 0.694. The van der Waals surface area contributed by atoms with Gasteiger partial charge in [-0.2, -0.15) is 11.8 Å². The Morgan fingerprint density at radius 3 is 2.65 bits per heavy atom. The van der Waals surface area contributed by atoms with E-state index in [0.29, 0.717) is 10.8 Å². The highest BCUT2D eigenvalue weighted by atomic mass is 32.2. The lowest BCUT2D eigenvalue weighted by atomic mass is 10.0. The van der Waals surface area contributed by atoms with Crippen LogP contribution in [0.5, 0.6) is 0 Å². The summed E-state index contributed by atoms with van der Waals surface area (Å²) in [6.07, 6.45) is 1.23. The van der Waals surface area contributed by atoms with Crippen LogP contribution in [0, 0.1) is 5.92 Å². The van der Waals surface area contributed by atoms with Gasteiger partial charge in [0.2, 0.25) is 0 Å². The molecule has 102 valence electrons. The minimum atomic E-state index is 0.434. The van der Waals surface area contributed by atoms with Crippen molar-refractivity contribution in [2.45, 2.75) is 51.8 Å². The van der Waals surface area contributed by atoms with Gasteiger partial charge in [0.1, 0.15) is 0 Å². The molecule has 1 aliphatic heterocycles. The van der Waals surface area contributed by atoms with Gasteiger partial charge in [-0.15, -0.1) is 0 Å². The third-order valence-electron chi connectivity index (χ3n) is 3.75. The summed E-state index contributed by atoms with van der Waals surface area (Å²) >= 11 is 2.12. The fourth-order valence-electron chi connectivity index (χ4n) is 2.44. The van der Waals surface area contributed by atoms with E-state index >= 15 is 0 Å². The van der Waals surface area contributed by atoms with Gasteiger partial charge in [0.05, 0.1) is 0 Å². The summed E-state index contributed by atoms with van der Waals surface area (Å²) < 4.78 is 0.434. The van der Waals surface area contributed by atoms with Gasteiger partial charge < -0.3 is 5.32 Å². The lowest BCUT2D eigenvalue weighted by Crippen LogP contribution is -2.50. The third kappa shape index (κ3) is 5.19. The summed E-state index contributed by atoms with van der Waals surface area (Å²) in [6.45, 7) is 16.5. The van der Waals surface area contributed by atoms with Crippen LogP contribution in [0.15, 0.2) is 0 Å². The second kappa shape index (κ2) is 7.01. The minimum Gasteiger partial charge on any atom is -0.316 e. The highest BCUT2D eigenvalue weighted by molar-refractivity contribution is 8.00. The van der Waals surface area contributed by atoms with E-state index < -0.39 is 0 Å². The molecule has 1 N–H and O–H groups in total. The van der Waals surface area contributed by atoms with E-state index in [1.807, 2.05) is 0 Å². The molecule has 2 atom stereocenters. The van der Waals surface area contributed by atoms with Crippen molar-refractivity contribution in [3.8, 4) is 0 Å². The van der Waals surface area contributed by atoms with Crippen molar-refractivity contribution < 1.29 is 0 Å². The zero-order valence-corrected chi connectivity index (χ0v) is 13.1. The van der Waals surface area contributed by atoms with Crippen molar-refractivity contribution in [3.05, 3.63) is 0 Å². The maximum Gasteiger partial charge on any atom is 0.0231 e. The Labute approximate surface area is 112 Å². The second-order valence-electron chi connectivity index (χ2n) is 6.00. The van der Waals surface area contributed by atoms with E-state index in [1.54, 1.807) is 0 Å². The van der Waals surface area contributed by atoms with Gasteiger partial charge >= 0.3 is 0 Å². The maximum absolute atomic E-state index is 3.54. The molecule has 0 saturated carbocycles. The first-order valence-corrected chi connectivity index (χ1v) is 8.03. The van der Waals surface area contributed by atoms with E-state index in [4.69, 9.17) is 0 Å².